The molecule has 0 amide bonds. The Bertz CT molecular complexity index is 730. The molecule has 1 aromatic carbocycles. The Labute approximate surface area is 119 Å². The lowest BCUT2D eigenvalue weighted by Gasteiger charge is -2.16. The van der Waals surface area contributed by atoms with Crippen molar-refractivity contribution in [2.75, 3.05) is 13.1 Å². The number of aromatic nitrogens is 4. The fourth-order valence-electron chi connectivity index (χ4n) is 2.36. The number of halogens is 2. The van der Waals surface area contributed by atoms with Crippen LogP contribution in [0.4, 0.5) is 8.78 Å². The van der Waals surface area contributed by atoms with Crippen molar-refractivity contribution in [2.45, 2.75) is 17.2 Å². The van der Waals surface area contributed by atoms with Gasteiger partial charge in [-0.15, -0.1) is 10.2 Å². The lowest BCUT2D eigenvalue weighted by Crippen LogP contribution is -2.30. The lowest BCUT2D eigenvalue weighted by atomic mass is 10.1. The molecular formula is C11H11F2N5O2S. The molecule has 1 aromatic heterocycles. The van der Waals surface area contributed by atoms with Crippen molar-refractivity contribution in [3.05, 3.63) is 35.7 Å². The third kappa shape index (κ3) is 2.40. The van der Waals surface area contributed by atoms with Gasteiger partial charge in [-0.3, -0.25) is 0 Å². The van der Waals surface area contributed by atoms with Crippen molar-refractivity contribution in [3.63, 3.8) is 0 Å². The predicted octanol–water partition coefficient (Wildman–Crippen LogP) is 0.656. The van der Waals surface area contributed by atoms with Crippen molar-refractivity contribution >= 4 is 10.0 Å². The van der Waals surface area contributed by atoms with E-state index in [1.807, 2.05) is 0 Å². The van der Waals surface area contributed by atoms with E-state index in [0.717, 1.165) is 22.5 Å². The van der Waals surface area contributed by atoms with Crippen LogP contribution in [0.25, 0.3) is 0 Å². The topological polar surface area (TPSA) is 91.8 Å². The fourth-order valence-corrected chi connectivity index (χ4v) is 3.97. The third-order valence-electron chi connectivity index (χ3n) is 3.39. The summed E-state index contributed by atoms with van der Waals surface area (Å²) in [5.41, 5.74) is 0. The highest BCUT2D eigenvalue weighted by atomic mass is 32.2. The van der Waals surface area contributed by atoms with Crippen LogP contribution >= 0.6 is 0 Å². The molecule has 2 heterocycles. The minimum atomic E-state index is -4.23. The Kier molecular flexibility index (Phi) is 3.41. The van der Waals surface area contributed by atoms with Gasteiger partial charge >= 0.3 is 0 Å². The molecule has 10 heteroatoms. The van der Waals surface area contributed by atoms with Gasteiger partial charge in [-0.2, -0.15) is 9.52 Å². The molecule has 7 nitrogen and oxygen atoms in total. The molecule has 0 bridgehead atoms. The first-order valence-corrected chi connectivity index (χ1v) is 7.61. The van der Waals surface area contributed by atoms with E-state index in [1.165, 1.54) is 0 Å². The van der Waals surface area contributed by atoms with Gasteiger partial charge < -0.3 is 0 Å². The van der Waals surface area contributed by atoms with Crippen molar-refractivity contribution in [1.82, 2.24) is 24.9 Å². The van der Waals surface area contributed by atoms with Crippen LogP contribution in [0.3, 0.4) is 0 Å². The van der Waals surface area contributed by atoms with Crippen LogP contribution in [0.15, 0.2) is 23.1 Å². The maximum atomic E-state index is 13.7. The summed E-state index contributed by atoms with van der Waals surface area (Å²) in [7, 11) is -4.23. The van der Waals surface area contributed by atoms with E-state index in [9.17, 15) is 17.2 Å². The molecule has 1 atom stereocenters. The quantitative estimate of drug-likeness (QED) is 0.898. The van der Waals surface area contributed by atoms with E-state index in [1.54, 1.807) is 0 Å². The number of sulfonamides is 1. The van der Waals surface area contributed by atoms with Gasteiger partial charge in [0.25, 0.3) is 0 Å². The Morgan fingerprint density at radius 1 is 1.29 bits per heavy atom. The summed E-state index contributed by atoms with van der Waals surface area (Å²) in [5, 5.41) is 13.3. The normalized spacial score (nSPS) is 20.0. The molecule has 2 aromatic rings. The van der Waals surface area contributed by atoms with Gasteiger partial charge in [-0.25, -0.2) is 17.2 Å². The predicted molar refractivity (Wildman–Crippen MR) is 66.7 cm³/mol. The first-order chi connectivity index (χ1) is 10.00. The zero-order valence-corrected chi connectivity index (χ0v) is 11.5. The second kappa shape index (κ2) is 5.11. The van der Waals surface area contributed by atoms with E-state index in [0.29, 0.717) is 12.2 Å². The van der Waals surface area contributed by atoms with E-state index in [4.69, 9.17) is 0 Å². The molecule has 1 fully saturated rings. The number of tetrazole rings is 1. The number of benzene rings is 1. The summed E-state index contributed by atoms with van der Waals surface area (Å²) >= 11 is 0. The monoisotopic (exact) mass is 315 g/mol. The Morgan fingerprint density at radius 3 is 2.62 bits per heavy atom. The third-order valence-corrected chi connectivity index (χ3v) is 5.31. The van der Waals surface area contributed by atoms with Crippen LogP contribution in [0, 0.1) is 11.6 Å². The molecule has 1 unspecified atom stereocenters. The Morgan fingerprint density at radius 2 is 2.00 bits per heavy atom. The number of H-pyrrole nitrogens is 1. The second-order valence-corrected chi connectivity index (χ2v) is 6.54. The van der Waals surface area contributed by atoms with Crippen LogP contribution in [0.5, 0.6) is 0 Å². The number of hydrogen-bond donors (Lipinski definition) is 1. The number of rotatable bonds is 3. The van der Waals surface area contributed by atoms with Gasteiger partial charge in [0.15, 0.2) is 10.7 Å². The van der Waals surface area contributed by atoms with Crippen molar-refractivity contribution in [1.29, 1.82) is 0 Å². The number of aromatic amines is 1. The molecule has 0 spiro atoms. The standard InChI is InChI=1S/C11H11F2N5O2S/c12-8-2-1-3-9(13)10(8)21(19,20)18-5-4-7(6-18)11-14-16-17-15-11/h1-3,7H,4-6H2,(H,14,15,16,17). The fraction of sp³-hybridized carbons (Fsp3) is 0.364. The summed E-state index contributed by atoms with van der Waals surface area (Å²) in [6.45, 7) is 0.213. The smallest absolute Gasteiger partial charge is 0.207 e. The zero-order valence-electron chi connectivity index (χ0n) is 10.7. The van der Waals surface area contributed by atoms with Gasteiger partial charge in [0.2, 0.25) is 10.0 Å². The number of nitrogens with zero attached hydrogens (tertiary/aromatic N) is 4. The van der Waals surface area contributed by atoms with E-state index < -0.39 is 26.6 Å². The van der Waals surface area contributed by atoms with Gasteiger partial charge in [0.1, 0.15) is 11.6 Å². The summed E-state index contributed by atoms with van der Waals surface area (Å²) in [6, 6.07) is 2.96. The molecule has 0 radical (unpaired) electrons. The Hall–Kier alpha value is -1.94. The van der Waals surface area contributed by atoms with Crippen LogP contribution < -0.4 is 0 Å². The van der Waals surface area contributed by atoms with E-state index in [-0.39, 0.29) is 19.0 Å². The van der Waals surface area contributed by atoms with E-state index in [2.05, 4.69) is 20.6 Å². The molecule has 0 aliphatic carbocycles. The van der Waals surface area contributed by atoms with Crippen molar-refractivity contribution < 1.29 is 17.2 Å². The van der Waals surface area contributed by atoms with E-state index >= 15 is 0 Å². The minimum absolute atomic E-state index is 0.0651. The maximum absolute atomic E-state index is 13.7. The first kappa shape index (κ1) is 14.0. The summed E-state index contributed by atoms with van der Waals surface area (Å²) < 4.78 is 53.2. The largest absolute Gasteiger partial charge is 0.248 e. The average molecular weight is 315 g/mol. The summed E-state index contributed by atoms with van der Waals surface area (Å²) in [6.07, 6.45) is 0.467. The van der Waals surface area contributed by atoms with Gasteiger partial charge in [-0.05, 0) is 18.6 Å². The molecule has 1 N–H and O–H groups in total. The van der Waals surface area contributed by atoms with Gasteiger partial charge in [0.05, 0.1) is 0 Å². The molecule has 0 saturated carbocycles. The van der Waals surface area contributed by atoms with Crippen LogP contribution in [-0.4, -0.2) is 46.4 Å². The summed E-state index contributed by atoms with van der Waals surface area (Å²) in [4.78, 5) is -0.918. The maximum Gasteiger partial charge on any atom is 0.248 e. The number of nitrogens with one attached hydrogen (secondary N) is 1. The second-order valence-electron chi connectivity index (χ2n) is 4.67. The molecule has 112 valence electrons. The SMILES string of the molecule is O=S(=O)(c1c(F)cccc1F)N1CCC(c2nn[nH]n2)C1. The lowest BCUT2D eigenvalue weighted by molar-refractivity contribution is 0.451. The highest BCUT2D eigenvalue weighted by Crippen LogP contribution is 2.30. The van der Waals surface area contributed by atoms with Crippen LogP contribution in [-0.2, 0) is 10.0 Å². The summed E-state index contributed by atoms with van der Waals surface area (Å²) in [5.74, 6) is -2.05. The Balaban J connectivity index is 1.90. The van der Waals surface area contributed by atoms with Crippen LogP contribution in [0.2, 0.25) is 0 Å². The van der Waals surface area contributed by atoms with Crippen LogP contribution in [0.1, 0.15) is 18.2 Å². The minimum Gasteiger partial charge on any atom is -0.207 e. The molecule has 1 saturated heterocycles. The molecular weight excluding hydrogens is 304 g/mol. The van der Waals surface area contributed by atoms with Gasteiger partial charge in [-0.1, -0.05) is 11.3 Å². The number of hydrogen-bond acceptors (Lipinski definition) is 5. The highest BCUT2D eigenvalue weighted by Gasteiger charge is 2.37. The molecule has 1 aliphatic heterocycles. The molecule has 21 heavy (non-hydrogen) atoms. The van der Waals surface area contributed by atoms with Crippen molar-refractivity contribution in [2.24, 2.45) is 0 Å². The molecule has 3 rings (SSSR count). The van der Waals surface area contributed by atoms with Gasteiger partial charge in [0, 0.05) is 19.0 Å². The highest BCUT2D eigenvalue weighted by molar-refractivity contribution is 7.89. The average Bonchev–Trinajstić information content (AvgIpc) is 3.09. The van der Waals surface area contributed by atoms with Crippen molar-refractivity contribution in [3.8, 4) is 0 Å². The molecule has 1 aliphatic rings. The first-order valence-electron chi connectivity index (χ1n) is 6.17. The zero-order chi connectivity index (χ0) is 15.0.